The molecule has 0 saturated heterocycles. The van der Waals surface area contributed by atoms with Crippen molar-refractivity contribution in [1.82, 2.24) is 14.5 Å². The second kappa shape index (κ2) is 9.45. The fourth-order valence-electron chi connectivity index (χ4n) is 3.19. The summed E-state index contributed by atoms with van der Waals surface area (Å²) in [6, 6.07) is 14.6. The van der Waals surface area contributed by atoms with Gasteiger partial charge in [-0.15, -0.1) is 11.3 Å². The van der Waals surface area contributed by atoms with Gasteiger partial charge in [0.25, 0.3) is 5.56 Å². The number of amides is 1. The van der Waals surface area contributed by atoms with Crippen molar-refractivity contribution in [3.05, 3.63) is 75.5 Å². The standard InChI is InChI=1S/C23H22N4O2S2/c1-2-3-12-27-22(29)18-6-4-5-7-19(18)26-23(27)31-14-17-13-30-21(25-17)16-10-8-15(9-11-16)20(24)28/h4-11,13H,2-3,12,14H2,1H3,(H2,24,28). The number of rotatable bonds is 8. The van der Waals surface area contributed by atoms with Crippen LogP contribution in [0.2, 0.25) is 0 Å². The second-order valence-electron chi connectivity index (χ2n) is 7.10. The fraction of sp³-hybridized carbons (Fsp3) is 0.217. The summed E-state index contributed by atoms with van der Waals surface area (Å²) in [6.45, 7) is 2.77. The average Bonchev–Trinajstić information content (AvgIpc) is 3.26. The smallest absolute Gasteiger partial charge is 0.262 e. The second-order valence-corrected chi connectivity index (χ2v) is 8.90. The normalized spacial score (nSPS) is 11.1. The number of hydrogen-bond donors (Lipinski definition) is 1. The van der Waals surface area contributed by atoms with Crippen LogP contribution in [0.15, 0.2) is 63.9 Å². The van der Waals surface area contributed by atoms with Crippen molar-refractivity contribution in [3.8, 4) is 10.6 Å². The van der Waals surface area contributed by atoms with Crippen LogP contribution in [0.1, 0.15) is 35.8 Å². The Morgan fingerprint density at radius 2 is 1.90 bits per heavy atom. The quantitative estimate of drug-likeness (QED) is 0.310. The number of benzene rings is 2. The third-order valence-corrected chi connectivity index (χ3v) is 6.83. The number of para-hydroxylation sites is 1. The number of nitrogens with zero attached hydrogens (tertiary/aromatic N) is 3. The molecule has 0 aliphatic rings. The molecule has 0 aliphatic heterocycles. The van der Waals surface area contributed by atoms with Crippen molar-refractivity contribution >= 4 is 39.9 Å². The van der Waals surface area contributed by atoms with E-state index in [1.807, 2.05) is 41.8 Å². The number of carbonyl (C=O) groups is 1. The number of thiazole rings is 1. The van der Waals surface area contributed by atoms with E-state index < -0.39 is 5.91 Å². The molecular formula is C23H22N4O2S2. The molecule has 8 heteroatoms. The summed E-state index contributed by atoms with van der Waals surface area (Å²) < 4.78 is 1.78. The van der Waals surface area contributed by atoms with Crippen LogP contribution in [0.25, 0.3) is 21.5 Å². The molecule has 31 heavy (non-hydrogen) atoms. The van der Waals surface area contributed by atoms with Crippen LogP contribution < -0.4 is 11.3 Å². The first kappa shape index (κ1) is 21.3. The summed E-state index contributed by atoms with van der Waals surface area (Å²) in [6.07, 6.45) is 1.93. The van der Waals surface area contributed by atoms with Crippen LogP contribution in [0, 0.1) is 0 Å². The molecule has 0 atom stereocenters. The maximum Gasteiger partial charge on any atom is 0.262 e. The first-order valence-electron chi connectivity index (χ1n) is 10.0. The highest BCUT2D eigenvalue weighted by Gasteiger charge is 2.13. The molecule has 4 rings (SSSR count). The lowest BCUT2D eigenvalue weighted by molar-refractivity contribution is 0.100. The Hall–Kier alpha value is -2.97. The van der Waals surface area contributed by atoms with E-state index in [-0.39, 0.29) is 5.56 Å². The van der Waals surface area contributed by atoms with Gasteiger partial charge < -0.3 is 5.73 Å². The van der Waals surface area contributed by atoms with Gasteiger partial charge >= 0.3 is 0 Å². The molecule has 4 aromatic rings. The largest absolute Gasteiger partial charge is 0.366 e. The van der Waals surface area contributed by atoms with Crippen molar-refractivity contribution in [2.24, 2.45) is 5.73 Å². The van der Waals surface area contributed by atoms with Gasteiger partial charge in [0.1, 0.15) is 5.01 Å². The Balaban J connectivity index is 1.56. The number of fused-ring (bicyclic) bond motifs is 1. The van der Waals surface area contributed by atoms with Crippen LogP contribution in [0.5, 0.6) is 0 Å². The van der Waals surface area contributed by atoms with Gasteiger partial charge in [0.2, 0.25) is 5.91 Å². The molecule has 2 aromatic heterocycles. The summed E-state index contributed by atoms with van der Waals surface area (Å²) in [5.41, 5.74) is 8.37. The number of aromatic nitrogens is 3. The number of nitrogens with two attached hydrogens (primary N) is 1. The number of hydrogen-bond acceptors (Lipinski definition) is 6. The van der Waals surface area contributed by atoms with E-state index in [1.54, 1.807) is 28.0 Å². The zero-order chi connectivity index (χ0) is 21.8. The monoisotopic (exact) mass is 450 g/mol. The van der Waals surface area contributed by atoms with Gasteiger partial charge in [0, 0.05) is 28.8 Å². The molecule has 6 nitrogen and oxygen atoms in total. The molecule has 0 saturated carbocycles. The molecule has 0 fully saturated rings. The maximum atomic E-state index is 13.0. The van der Waals surface area contributed by atoms with Gasteiger partial charge in [-0.1, -0.05) is 49.4 Å². The molecule has 0 radical (unpaired) electrons. The summed E-state index contributed by atoms with van der Waals surface area (Å²) in [7, 11) is 0. The lowest BCUT2D eigenvalue weighted by atomic mass is 10.1. The Morgan fingerprint density at radius 3 is 2.65 bits per heavy atom. The van der Waals surface area contributed by atoms with E-state index in [0.29, 0.717) is 23.2 Å². The topological polar surface area (TPSA) is 90.9 Å². The lowest BCUT2D eigenvalue weighted by Gasteiger charge is -2.12. The lowest BCUT2D eigenvalue weighted by Crippen LogP contribution is -2.23. The SMILES string of the molecule is CCCCn1c(SCc2csc(-c3ccc(C(N)=O)cc3)n2)nc2ccccc2c1=O. The number of primary amides is 1. The van der Waals surface area contributed by atoms with Crippen molar-refractivity contribution in [3.63, 3.8) is 0 Å². The Kier molecular flexibility index (Phi) is 6.48. The zero-order valence-corrected chi connectivity index (χ0v) is 18.7. The van der Waals surface area contributed by atoms with E-state index in [1.165, 1.54) is 11.8 Å². The molecule has 0 unspecified atom stereocenters. The van der Waals surface area contributed by atoms with Gasteiger partial charge in [-0.2, -0.15) is 0 Å². The highest BCUT2D eigenvalue weighted by molar-refractivity contribution is 7.98. The minimum absolute atomic E-state index is 0.00931. The molecule has 0 bridgehead atoms. The van der Waals surface area contributed by atoms with Crippen LogP contribution in [-0.2, 0) is 12.3 Å². The van der Waals surface area contributed by atoms with E-state index in [2.05, 4.69) is 6.92 Å². The van der Waals surface area contributed by atoms with Crippen molar-refractivity contribution in [2.45, 2.75) is 37.2 Å². The minimum atomic E-state index is -0.445. The van der Waals surface area contributed by atoms with Gasteiger partial charge in [-0.25, -0.2) is 9.97 Å². The number of carbonyl (C=O) groups excluding carboxylic acids is 1. The summed E-state index contributed by atoms with van der Waals surface area (Å²) >= 11 is 3.08. The highest BCUT2D eigenvalue weighted by Crippen LogP contribution is 2.28. The summed E-state index contributed by atoms with van der Waals surface area (Å²) in [5.74, 6) is 0.173. The van der Waals surface area contributed by atoms with E-state index in [4.69, 9.17) is 15.7 Å². The predicted molar refractivity (Wildman–Crippen MR) is 127 cm³/mol. The summed E-state index contributed by atoms with van der Waals surface area (Å²) in [5, 5.41) is 4.26. The van der Waals surface area contributed by atoms with E-state index in [9.17, 15) is 9.59 Å². The molecule has 0 spiro atoms. The number of unbranched alkanes of at least 4 members (excludes halogenated alkanes) is 1. The molecule has 2 N–H and O–H groups in total. The van der Waals surface area contributed by atoms with E-state index >= 15 is 0 Å². The molecule has 2 aromatic carbocycles. The highest BCUT2D eigenvalue weighted by atomic mass is 32.2. The fourth-order valence-corrected chi connectivity index (χ4v) is 5.04. The maximum absolute atomic E-state index is 13.0. The van der Waals surface area contributed by atoms with Gasteiger partial charge in [0.05, 0.1) is 16.6 Å². The zero-order valence-electron chi connectivity index (χ0n) is 17.1. The predicted octanol–water partition coefficient (Wildman–Crippen LogP) is 4.71. The first-order valence-corrected chi connectivity index (χ1v) is 11.9. The Labute approximate surface area is 188 Å². The molecule has 1 amide bonds. The number of thioether (sulfide) groups is 1. The van der Waals surface area contributed by atoms with Crippen molar-refractivity contribution in [1.29, 1.82) is 0 Å². The minimum Gasteiger partial charge on any atom is -0.366 e. The molecule has 2 heterocycles. The first-order chi connectivity index (χ1) is 15.1. The molecule has 158 valence electrons. The van der Waals surface area contributed by atoms with Gasteiger partial charge in [0.15, 0.2) is 5.16 Å². The summed E-state index contributed by atoms with van der Waals surface area (Å²) in [4.78, 5) is 33.7. The third-order valence-electron chi connectivity index (χ3n) is 4.88. The Bertz CT molecular complexity index is 1280. The van der Waals surface area contributed by atoms with Crippen molar-refractivity contribution in [2.75, 3.05) is 0 Å². The van der Waals surface area contributed by atoms with Crippen LogP contribution in [0.3, 0.4) is 0 Å². The Morgan fingerprint density at radius 1 is 1.13 bits per heavy atom. The third kappa shape index (κ3) is 4.70. The van der Waals surface area contributed by atoms with E-state index in [0.717, 1.165) is 39.8 Å². The van der Waals surface area contributed by atoms with Crippen molar-refractivity contribution < 1.29 is 4.79 Å². The van der Waals surface area contributed by atoms with Gasteiger partial charge in [-0.05, 0) is 30.7 Å². The molecular weight excluding hydrogens is 428 g/mol. The molecule has 0 aliphatic carbocycles. The van der Waals surface area contributed by atoms with Crippen LogP contribution in [-0.4, -0.2) is 20.4 Å². The average molecular weight is 451 g/mol. The van der Waals surface area contributed by atoms with Crippen LogP contribution in [0.4, 0.5) is 0 Å². The van der Waals surface area contributed by atoms with Gasteiger partial charge in [-0.3, -0.25) is 14.2 Å². The van der Waals surface area contributed by atoms with Crippen LogP contribution >= 0.6 is 23.1 Å².